The summed E-state index contributed by atoms with van der Waals surface area (Å²) in [5, 5.41) is 9.34. The molecule has 0 amide bonds. The maximum Gasteiger partial charge on any atom is 0.0543 e. The molecule has 0 saturated heterocycles. The van der Waals surface area contributed by atoms with Gasteiger partial charge in [-0.15, -0.1) is 0 Å². The van der Waals surface area contributed by atoms with Gasteiger partial charge in [-0.3, -0.25) is 0 Å². The molecule has 1 aliphatic carbocycles. The molecule has 0 aliphatic heterocycles. The number of aliphatic hydroxyl groups excluding tert-OH is 1. The molecule has 0 radical (unpaired) electrons. The Morgan fingerprint density at radius 3 is 2.27 bits per heavy atom. The Bertz CT molecular complexity index is 107. The van der Waals surface area contributed by atoms with Gasteiger partial charge >= 0.3 is 0 Å². The number of rotatable bonds is 3. The van der Waals surface area contributed by atoms with Crippen LogP contribution in [-0.2, 0) is 0 Å². The van der Waals surface area contributed by atoms with Crippen LogP contribution in [0.4, 0.5) is 0 Å². The van der Waals surface area contributed by atoms with Gasteiger partial charge in [0.1, 0.15) is 0 Å². The highest BCUT2D eigenvalue weighted by molar-refractivity contribution is 4.78. The van der Waals surface area contributed by atoms with Crippen LogP contribution < -0.4 is 0 Å². The minimum absolute atomic E-state index is 0.0144. The van der Waals surface area contributed by atoms with E-state index in [9.17, 15) is 5.11 Å². The summed E-state index contributed by atoms with van der Waals surface area (Å²) in [7, 11) is 0. The molecular formula is C10H20O. The van der Waals surface area contributed by atoms with Crippen LogP contribution in [0.1, 0.15) is 46.0 Å². The second-order valence-corrected chi connectivity index (χ2v) is 3.80. The van der Waals surface area contributed by atoms with E-state index >= 15 is 0 Å². The van der Waals surface area contributed by atoms with Crippen molar-refractivity contribution in [2.45, 2.75) is 52.1 Å². The van der Waals surface area contributed by atoms with E-state index in [0.29, 0.717) is 0 Å². The van der Waals surface area contributed by atoms with Gasteiger partial charge in [0, 0.05) is 0 Å². The fourth-order valence-corrected chi connectivity index (χ4v) is 2.38. The first-order chi connectivity index (χ1) is 5.27. The van der Waals surface area contributed by atoms with Crippen LogP contribution in [0.3, 0.4) is 0 Å². The summed E-state index contributed by atoms with van der Waals surface area (Å²) in [6.45, 7) is 4.53. The second-order valence-electron chi connectivity index (χ2n) is 3.80. The topological polar surface area (TPSA) is 20.2 Å². The van der Waals surface area contributed by atoms with Crippen molar-refractivity contribution in [1.29, 1.82) is 0 Å². The van der Waals surface area contributed by atoms with Crippen LogP contribution in [0.2, 0.25) is 0 Å². The normalized spacial score (nSPS) is 31.6. The molecule has 1 rings (SSSR count). The molecule has 2 unspecified atom stereocenters. The van der Waals surface area contributed by atoms with Crippen LogP contribution in [0, 0.1) is 11.8 Å². The van der Waals surface area contributed by atoms with Crippen LogP contribution in [-0.4, -0.2) is 11.2 Å². The zero-order valence-corrected chi connectivity index (χ0v) is 7.71. The summed E-state index contributed by atoms with van der Waals surface area (Å²) in [5.41, 5.74) is 0. The van der Waals surface area contributed by atoms with Crippen molar-refractivity contribution in [2.75, 3.05) is 0 Å². The Hall–Kier alpha value is -0.0400. The lowest BCUT2D eigenvalue weighted by Crippen LogP contribution is -2.11. The van der Waals surface area contributed by atoms with E-state index in [-0.39, 0.29) is 6.10 Å². The number of hydrogen-bond donors (Lipinski definition) is 1. The molecule has 11 heavy (non-hydrogen) atoms. The van der Waals surface area contributed by atoms with Crippen LogP contribution in [0.5, 0.6) is 0 Å². The molecule has 1 fully saturated rings. The molecule has 0 aromatic carbocycles. The van der Waals surface area contributed by atoms with Gasteiger partial charge in [0.2, 0.25) is 0 Å². The lowest BCUT2D eigenvalue weighted by atomic mass is 9.87. The summed E-state index contributed by atoms with van der Waals surface area (Å²) in [6.07, 6.45) is 5.95. The molecule has 0 aromatic heterocycles. The van der Waals surface area contributed by atoms with E-state index in [0.717, 1.165) is 24.7 Å². The zero-order chi connectivity index (χ0) is 8.27. The predicted octanol–water partition coefficient (Wildman–Crippen LogP) is 2.58. The second kappa shape index (κ2) is 4.10. The minimum Gasteiger partial charge on any atom is -0.393 e. The Morgan fingerprint density at radius 1 is 1.27 bits per heavy atom. The van der Waals surface area contributed by atoms with Crippen molar-refractivity contribution in [3.63, 3.8) is 0 Å². The molecule has 0 spiro atoms. The van der Waals surface area contributed by atoms with Crippen LogP contribution in [0.25, 0.3) is 0 Å². The van der Waals surface area contributed by atoms with Gasteiger partial charge < -0.3 is 5.11 Å². The largest absolute Gasteiger partial charge is 0.393 e. The lowest BCUT2D eigenvalue weighted by Gasteiger charge is -2.19. The van der Waals surface area contributed by atoms with E-state index in [1.165, 1.54) is 19.3 Å². The fourth-order valence-electron chi connectivity index (χ4n) is 2.38. The summed E-state index contributed by atoms with van der Waals surface area (Å²) in [6, 6.07) is 0. The number of hydrogen-bond acceptors (Lipinski definition) is 1. The minimum atomic E-state index is 0.0144. The van der Waals surface area contributed by atoms with E-state index in [1.807, 2.05) is 0 Å². The molecule has 0 bridgehead atoms. The first kappa shape index (κ1) is 9.05. The monoisotopic (exact) mass is 156 g/mol. The smallest absolute Gasteiger partial charge is 0.0543 e. The third-order valence-electron chi connectivity index (χ3n) is 3.16. The molecule has 1 saturated carbocycles. The maximum atomic E-state index is 9.34. The quantitative estimate of drug-likeness (QED) is 0.666. The highest BCUT2D eigenvalue weighted by Crippen LogP contribution is 2.34. The standard InChI is InChI=1S/C10H20O/c1-3-8(4-2)9-5-6-10(11)7-9/h8-11H,3-7H2,1-2H3. The summed E-state index contributed by atoms with van der Waals surface area (Å²) in [4.78, 5) is 0. The van der Waals surface area contributed by atoms with Crippen molar-refractivity contribution in [3.8, 4) is 0 Å². The molecule has 1 nitrogen and oxygen atoms in total. The molecule has 0 aromatic rings. The predicted molar refractivity (Wildman–Crippen MR) is 47.4 cm³/mol. The van der Waals surface area contributed by atoms with Crippen molar-refractivity contribution < 1.29 is 5.11 Å². The Labute approximate surface area is 69.8 Å². The van der Waals surface area contributed by atoms with Crippen LogP contribution in [0.15, 0.2) is 0 Å². The average molecular weight is 156 g/mol. The Morgan fingerprint density at radius 2 is 1.91 bits per heavy atom. The molecule has 1 N–H and O–H groups in total. The van der Waals surface area contributed by atoms with E-state index < -0.39 is 0 Å². The average Bonchev–Trinajstić information content (AvgIpc) is 2.39. The van der Waals surface area contributed by atoms with Gasteiger partial charge in [-0.2, -0.15) is 0 Å². The van der Waals surface area contributed by atoms with Crippen molar-refractivity contribution >= 4 is 0 Å². The van der Waals surface area contributed by atoms with Gasteiger partial charge in [0.05, 0.1) is 6.10 Å². The molecule has 1 aliphatic rings. The Kier molecular flexibility index (Phi) is 3.38. The molecule has 1 heteroatoms. The summed E-state index contributed by atoms with van der Waals surface area (Å²) < 4.78 is 0. The zero-order valence-electron chi connectivity index (χ0n) is 7.71. The van der Waals surface area contributed by atoms with Gasteiger partial charge in [-0.1, -0.05) is 26.7 Å². The third kappa shape index (κ3) is 2.19. The van der Waals surface area contributed by atoms with Crippen molar-refractivity contribution in [1.82, 2.24) is 0 Å². The van der Waals surface area contributed by atoms with Gasteiger partial charge in [0.15, 0.2) is 0 Å². The summed E-state index contributed by atoms with van der Waals surface area (Å²) >= 11 is 0. The summed E-state index contributed by atoms with van der Waals surface area (Å²) in [5.74, 6) is 1.69. The first-order valence-corrected chi connectivity index (χ1v) is 4.96. The van der Waals surface area contributed by atoms with Gasteiger partial charge in [-0.25, -0.2) is 0 Å². The highest BCUT2D eigenvalue weighted by atomic mass is 16.3. The molecular weight excluding hydrogens is 136 g/mol. The first-order valence-electron chi connectivity index (χ1n) is 4.96. The maximum absolute atomic E-state index is 9.34. The lowest BCUT2D eigenvalue weighted by molar-refractivity contribution is 0.169. The third-order valence-corrected chi connectivity index (χ3v) is 3.16. The van der Waals surface area contributed by atoms with Crippen molar-refractivity contribution in [2.24, 2.45) is 11.8 Å². The molecule has 66 valence electrons. The van der Waals surface area contributed by atoms with Crippen molar-refractivity contribution in [3.05, 3.63) is 0 Å². The fraction of sp³-hybridized carbons (Fsp3) is 1.00. The van der Waals surface area contributed by atoms with Gasteiger partial charge in [-0.05, 0) is 31.1 Å². The molecule has 0 heterocycles. The SMILES string of the molecule is CCC(CC)C1CCC(O)C1. The van der Waals surface area contributed by atoms with E-state index in [2.05, 4.69) is 13.8 Å². The van der Waals surface area contributed by atoms with Gasteiger partial charge in [0.25, 0.3) is 0 Å². The highest BCUT2D eigenvalue weighted by Gasteiger charge is 2.27. The van der Waals surface area contributed by atoms with Crippen LogP contribution >= 0.6 is 0 Å². The van der Waals surface area contributed by atoms with E-state index in [1.54, 1.807) is 0 Å². The number of aliphatic hydroxyl groups is 1. The Balaban J connectivity index is 2.34. The van der Waals surface area contributed by atoms with E-state index in [4.69, 9.17) is 0 Å². The molecule has 2 atom stereocenters.